The molecule has 0 spiro atoms. The Morgan fingerprint density at radius 2 is 1.79 bits per heavy atom. The van der Waals surface area contributed by atoms with Crippen LogP contribution >= 0.6 is 0 Å². The van der Waals surface area contributed by atoms with Crippen molar-refractivity contribution in [3.05, 3.63) is 94.0 Å². The highest BCUT2D eigenvalue weighted by Gasteiger charge is 2.03. The molecule has 2 aromatic carbocycles. The number of nitriles is 1. The first-order chi connectivity index (χ1) is 11.7. The van der Waals surface area contributed by atoms with Crippen LogP contribution in [0.15, 0.2) is 71.8 Å². The van der Waals surface area contributed by atoms with Crippen molar-refractivity contribution < 1.29 is 4.74 Å². The number of aromatic nitrogens is 2. The monoisotopic (exact) mass is 317 g/mol. The van der Waals surface area contributed by atoms with E-state index in [-0.39, 0.29) is 5.56 Å². The molecule has 0 saturated heterocycles. The van der Waals surface area contributed by atoms with Crippen molar-refractivity contribution in [1.29, 1.82) is 5.26 Å². The minimum atomic E-state index is -0.183. The molecule has 0 aliphatic rings. The maximum Gasteiger partial charge on any atom is 0.257 e. The third-order valence-corrected chi connectivity index (χ3v) is 3.52. The van der Waals surface area contributed by atoms with Gasteiger partial charge in [-0.25, -0.2) is 4.98 Å². The topological polar surface area (TPSA) is 67.9 Å². The summed E-state index contributed by atoms with van der Waals surface area (Å²) in [6.07, 6.45) is 1.47. The zero-order valence-electron chi connectivity index (χ0n) is 12.9. The molecule has 1 heterocycles. The van der Waals surface area contributed by atoms with Gasteiger partial charge in [-0.15, -0.1) is 0 Å². The van der Waals surface area contributed by atoms with Gasteiger partial charge < -0.3 is 4.74 Å². The van der Waals surface area contributed by atoms with Crippen LogP contribution < -0.4 is 10.3 Å². The number of hydrogen-bond donors (Lipinski definition) is 0. The van der Waals surface area contributed by atoms with E-state index in [2.05, 4.69) is 11.1 Å². The van der Waals surface area contributed by atoms with Crippen molar-refractivity contribution in [2.45, 2.75) is 13.2 Å². The summed E-state index contributed by atoms with van der Waals surface area (Å²) < 4.78 is 7.04. The minimum absolute atomic E-state index is 0.183. The van der Waals surface area contributed by atoms with Crippen LogP contribution in [-0.4, -0.2) is 9.55 Å². The van der Waals surface area contributed by atoms with Gasteiger partial charge in [0.2, 0.25) is 5.88 Å². The van der Waals surface area contributed by atoms with Crippen LogP contribution in [0.2, 0.25) is 0 Å². The predicted octanol–water partition coefficient (Wildman–Crippen LogP) is 2.74. The average Bonchev–Trinajstić information content (AvgIpc) is 2.63. The van der Waals surface area contributed by atoms with Gasteiger partial charge in [0.15, 0.2) is 0 Å². The lowest BCUT2D eigenvalue weighted by molar-refractivity contribution is 0.291. The zero-order chi connectivity index (χ0) is 16.8. The van der Waals surface area contributed by atoms with Crippen LogP contribution in [0, 0.1) is 11.3 Å². The van der Waals surface area contributed by atoms with Crippen LogP contribution in [-0.2, 0) is 13.2 Å². The van der Waals surface area contributed by atoms with Gasteiger partial charge in [-0.05, 0) is 23.3 Å². The van der Waals surface area contributed by atoms with Gasteiger partial charge in [0.25, 0.3) is 5.56 Å². The fourth-order valence-corrected chi connectivity index (χ4v) is 2.22. The lowest BCUT2D eigenvalue weighted by atomic mass is 10.1. The van der Waals surface area contributed by atoms with Crippen molar-refractivity contribution in [3.8, 4) is 11.9 Å². The van der Waals surface area contributed by atoms with E-state index in [1.165, 1.54) is 17.0 Å². The SMILES string of the molecule is N#Cc1ccc(Cn2cnc(OCc3ccccc3)cc2=O)cc1. The third-order valence-electron chi connectivity index (χ3n) is 3.52. The Kier molecular flexibility index (Phi) is 4.68. The van der Waals surface area contributed by atoms with Gasteiger partial charge in [-0.3, -0.25) is 9.36 Å². The molecule has 118 valence electrons. The van der Waals surface area contributed by atoms with E-state index in [1.807, 2.05) is 42.5 Å². The highest BCUT2D eigenvalue weighted by molar-refractivity contribution is 5.31. The molecular weight excluding hydrogens is 302 g/mol. The summed E-state index contributed by atoms with van der Waals surface area (Å²) in [6.45, 7) is 0.767. The van der Waals surface area contributed by atoms with Gasteiger partial charge in [-0.1, -0.05) is 42.5 Å². The quantitative estimate of drug-likeness (QED) is 0.725. The minimum Gasteiger partial charge on any atom is -0.473 e. The van der Waals surface area contributed by atoms with Crippen LogP contribution in [0.3, 0.4) is 0 Å². The zero-order valence-corrected chi connectivity index (χ0v) is 12.9. The van der Waals surface area contributed by atoms with Crippen LogP contribution in [0.5, 0.6) is 5.88 Å². The smallest absolute Gasteiger partial charge is 0.257 e. The molecule has 24 heavy (non-hydrogen) atoms. The fraction of sp³-hybridized carbons (Fsp3) is 0.105. The second-order valence-electron chi connectivity index (χ2n) is 5.28. The molecule has 0 atom stereocenters. The largest absolute Gasteiger partial charge is 0.473 e. The molecule has 3 rings (SSSR count). The summed E-state index contributed by atoms with van der Waals surface area (Å²) in [6, 6.07) is 20.3. The van der Waals surface area contributed by atoms with E-state index >= 15 is 0 Å². The van der Waals surface area contributed by atoms with E-state index in [9.17, 15) is 4.79 Å². The van der Waals surface area contributed by atoms with Crippen molar-refractivity contribution >= 4 is 0 Å². The van der Waals surface area contributed by atoms with E-state index in [1.54, 1.807) is 12.1 Å². The van der Waals surface area contributed by atoms with E-state index < -0.39 is 0 Å². The lowest BCUT2D eigenvalue weighted by Gasteiger charge is -2.08. The second-order valence-corrected chi connectivity index (χ2v) is 5.28. The third kappa shape index (κ3) is 3.87. The number of hydrogen-bond acceptors (Lipinski definition) is 4. The highest BCUT2D eigenvalue weighted by atomic mass is 16.5. The molecule has 0 aliphatic heterocycles. The number of benzene rings is 2. The lowest BCUT2D eigenvalue weighted by Crippen LogP contribution is -2.20. The predicted molar refractivity (Wildman–Crippen MR) is 89.5 cm³/mol. The summed E-state index contributed by atoms with van der Waals surface area (Å²) in [5.41, 5.74) is 2.35. The van der Waals surface area contributed by atoms with Gasteiger partial charge in [0.1, 0.15) is 12.9 Å². The molecule has 0 unspecified atom stereocenters. The average molecular weight is 317 g/mol. The van der Waals surface area contributed by atoms with Crippen molar-refractivity contribution in [1.82, 2.24) is 9.55 Å². The molecule has 0 amide bonds. The van der Waals surface area contributed by atoms with E-state index in [0.717, 1.165) is 11.1 Å². The molecule has 0 aliphatic carbocycles. The highest BCUT2D eigenvalue weighted by Crippen LogP contribution is 2.08. The molecule has 0 fully saturated rings. The first-order valence-corrected chi connectivity index (χ1v) is 7.47. The second kappa shape index (κ2) is 7.25. The van der Waals surface area contributed by atoms with E-state index in [4.69, 9.17) is 10.00 Å². The van der Waals surface area contributed by atoms with Crippen LogP contribution in [0.4, 0.5) is 0 Å². The van der Waals surface area contributed by atoms with Crippen LogP contribution in [0.25, 0.3) is 0 Å². The number of rotatable bonds is 5. The Hall–Kier alpha value is -3.39. The van der Waals surface area contributed by atoms with Crippen molar-refractivity contribution in [3.63, 3.8) is 0 Å². The fourth-order valence-electron chi connectivity index (χ4n) is 2.22. The van der Waals surface area contributed by atoms with Gasteiger partial charge in [-0.2, -0.15) is 5.26 Å². The van der Waals surface area contributed by atoms with Gasteiger partial charge in [0.05, 0.1) is 24.2 Å². The summed E-state index contributed by atoms with van der Waals surface area (Å²) in [7, 11) is 0. The molecule has 0 N–H and O–H groups in total. The maximum atomic E-state index is 12.2. The molecule has 0 radical (unpaired) electrons. The summed E-state index contributed by atoms with van der Waals surface area (Å²) in [5.74, 6) is 0.305. The summed E-state index contributed by atoms with van der Waals surface area (Å²) >= 11 is 0. The molecule has 5 heteroatoms. The first kappa shape index (κ1) is 15.5. The molecule has 0 bridgehead atoms. The Morgan fingerprint density at radius 1 is 1.04 bits per heavy atom. The molecule has 0 saturated carbocycles. The maximum absolute atomic E-state index is 12.2. The van der Waals surface area contributed by atoms with Gasteiger partial charge in [0, 0.05) is 0 Å². The molecule has 3 aromatic rings. The van der Waals surface area contributed by atoms with Crippen LogP contribution in [0.1, 0.15) is 16.7 Å². The number of nitrogens with zero attached hydrogens (tertiary/aromatic N) is 3. The Morgan fingerprint density at radius 3 is 2.46 bits per heavy atom. The molecule has 5 nitrogen and oxygen atoms in total. The normalized spacial score (nSPS) is 10.1. The Bertz CT molecular complexity index is 910. The Labute approximate surface area is 139 Å². The van der Waals surface area contributed by atoms with Crippen molar-refractivity contribution in [2.75, 3.05) is 0 Å². The number of ether oxygens (including phenoxy) is 1. The van der Waals surface area contributed by atoms with Crippen molar-refractivity contribution in [2.24, 2.45) is 0 Å². The molecular formula is C19H15N3O2. The molecule has 1 aromatic heterocycles. The Balaban J connectivity index is 1.68. The summed E-state index contributed by atoms with van der Waals surface area (Å²) in [4.78, 5) is 16.3. The summed E-state index contributed by atoms with van der Waals surface area (Å²) in [5, 5.41) is 8.80. The van der Waals surface area contributed by atoms with Gasteiger partial charge >= 0.3 is 0 Å². The standard InChI is InChI=1S/C19H15N3O2/c20-11-15-6-8-16(9-7-15)12-22-14-21-18(10-19(22)23)24-13-17-4-2-1-3-5-17/h1-10,14H,12-13H2. The van der Waals surface area contributed by atoms with E-state index in [0.29, 0.717) is 24.6 Å². The first-order valence-electron chi connectivity index (χ1n) is 7.47.